The molecule has 2 fully saturated rings. The van der Waals surface area contributed by atoms with Crippen molar-refractivity contribution in [2.75, 3.05) is 73.0 Å². The van der Waals surface area contributed by atoms with Crippen LogP contribution in [-0.2, 0) is 33.3 Å². The highest BCUT2D eigenvalue weighted by Crippen LogP contribution is 2.27. The maximum atomic E-state index is 13.5. The minimum Gasteiger partial charge on any atom is -0.491 e. The van der Waals surface area contributed by atoms with Crippen molar-refractivity contribution in [3.63, 3.8) is 0 Å². The highest BCUT2D eigenvalue weighted by molar-refractivity contribution is 5.82. The van der Waals surface area contributed by atoms with Gasteiger partial charge in [-0.05, 0) is 76.5 Å². The van der Waals surface area contributed by atoms with Crippen LogP contribution in [0.1, 0.15) is 77.3 Å². The fourth-order valence-corrected chi connectivity index (χ4v) is 5.84. The fourth-order valence-electron chi connectivity index (χ4n) is 5.84. The number of hydrogen-bond acceptors (Lipinski definition) is 9. The van der Waals surface area contributed by atoms with Gasteiger partial charge in [-0.15, -0.1) is 0 Å². The van der Waals surface area contributed by atoms with Gasteiger partial charge in [-0.1, -0.05) is 12.1 Å². The quantitative estimate of drug-likeness (QED) is 0.187. The summed E-state index contributed by atoms with van der Waals surface area (Å²) in [5.74, 6) is -0.132. The maximum Gasteiger partial charge on any atom is 0.410 e. The molecular formula is C35H54FN3O9. The van der Waals surface area contributed by atoms with Gasteiger partial charge in [-0.2, -0.15) is 0 Å². The van der Waals surface area contributed by atoms with Crippen LogP contribution in [-0.4, -0.2) is 112 Å². The number of ether oxygens (including phenoxy) is 5. The number of likely N-dealkylation sites (tertiary alicyclic amines) is 2. The molecule has 3 rings (SSSR count). The number of hydrogen-bond donors (Lipinski definition) is 1. The average molecular weight is 680 g/mol. The number of esters is 1. The molecular weight excluding hydrogens is 625 g/mol. The highest BCUT2D eigenvalue weighted by Gasteiger charge is 2.32. The normalized spacial score (nSPS) is 17.8. The average Bonchev–Trinajstić information content (AvgIpc) is 3.07. The van der Waals surface area contributed by atoms with Gasteiger partial charge in [0.2, 0.25) is 11.8 Å². The number of nitrogens with one attached hydrogen (secondary N) is 1. The number of methoxy groups -OCH3 is 1. The summed E-state index contributed by atoms with van der Waals surface area (Å²) in [6, 6.07) is 6.51. The molecule has 0 saturated carbocycles. The molecule has 2 aliphatic rings. The molecule has 1 aromatic carbocycles. The number of carbonyl (C=O) groups is 4. The first-order chi connectivity index (χ1) is 23.0. The van der Waals surface area contributed by atoms with Crippen LogP contribution >= 0.6 is 0 Å². The third-order valence-electron chi connectivity index (χ3n) is 8.44. The standard InChI is InChI=1S/C35H54FN3O9/c1-35(2,3)48-34(43)38-16-12-26(13-17-38)10-11-31(40)39-15-6-8-28(25-39)33(42)37-30(24-32(41)44-4)27-7-5-9-29(23-27)47-22-21-46-20-19-45-18-14-36/h5,7,9,23,26,28,30H,6,8,10-22,24-25H2,1-4H3,(H,37,42)/t28-,30?/m1/s1. The maximum absolute atomic E-state index is 13.5. The number of halogens is 1. The van der Waals surface area contributed by atoms with Crippen molar-refractivity contribution in [1.29, 1.82) is 0 Å². The summed E-state index contributed by atoms with van der Waals surface area (Å²) in [6.45, 7) is 8.49. The molecule has 2 heterocycles. The zero-order valence-corrected chi connectivity index (χ0v) is 29.0. The van der Waals surface area contributed by atoms with Gasteiger partial charge in [0, 0.05) is 32.6 Å². The van der Waals surface area contributed by atoms with Crippen LogP contribution < -0.4 is 10.1 Å². The monoisotopic (exact) mass is 679 g/mol. The summed E-state index contributed by atoms with van der Waals surface area (Å²) in [5.41, 5.74) is 0.159. The highest BCUT2D eigenvalue weighted by atomic mass is 19.1. The number of benzene rings is 1. The van der Waals surface area contributed by atoms with Crippen LogP contribution in [0.2, 0.25) is 0 Å². The van der Waals surface area contributed by atoms with E-state index in [0.29, 0.717) is 82.5 Å². The zero-order valence-electron chi connectivity index (χ0n) is 29.0. The summed E-state index contributed by atoms with van der Waals surface area (Å²) < 4.78 is 38.7. The summed E-state index contributed by atoms with van der Waals surface area (Å²) in [7, 11) is 1.30. The molecule has 13 heteroatoms. The van der Waals surface area contributed by atoms with Gasteiger partial charge in [0.15, 0.2) is 0 Å². The van der Waals surface area contributed by atoms with E-state index in [1.807, 2.05) is 26.8 Å². The molecule has 0 bridgehead atoms. The van der Waals surface area contributed by atoms with Gasteiger partial charge in [0.1, 0.15) is 24.6 Å². The van der Waals surface area contributed by atoms with Crippen LogP contribution in [0.4, 0.5) is 9.18 Å². The van der Waals surface area contributed by atoms with Gasteiger partial charge in [-0.3, -0.25) is 14.4 Å². The largest absolute Gasteiger partial charge is 0.491 e. The Morgan fingerprint density at radius 1 is 0.958 bits per heavy atom. The molecule has 12 nitrogen and oxygen atoms in total. The van der Waals surface area contributed by atoms with E-state index in [1.54, 1.807) is 28.0 Å². The second-order valence-electron chi connectivity index (χ2n) is 13.3. The van der Waals surface area contributed by atoms with Crippen molar-refractivity contribution in [2.45, 2.75) is 77.4 Å². The molecule has 270 valence electrons. The molecule has 0 spiro atoms. The molecule has 0 aliphatic carbocycles. The van der Waals surface area contributed by atoms with Crippen LogP contribution in [0.3, 0.4) is 0 Å². The third-order valence-corrected chi connectivity index (χ3v) is 8.44. The second kappa shape index (κ2) is 20.2. The Bertz CT molecular complexity index is 1170. The Morgan fingerprint density at radius 2 is 1.67 bits per heavy atom. The Balaban J connectivity index is 1.48. The molecule has 3 amide bonds. The predicted molar refractivity (Wildman–Crippen MR) is 176 cm³/mol. The lowest BCUT2D eigenvalue weighted by Gasteiger charge is -2.35. The van der Waals surface area contributed by atoms with Gasteiger partial charge >= 0.3 is 12.1 Å². The van der Waals surface area contributed by atoms with E-state index in [0.717, 1.165) is 19.3 Å². The van der Waals surface area contributed by atoms with Crippen LogP contribution in [0.5, 0.6) is 5.75 Å². The molecule has 0 aromatic heterocycles. The van der Waals surface area contributed by atoms with E-state index in [9.17, 15) is 23.6 Å². The van der Waals surface area contributed by atoms with E-state index < -0.39 is 30.2 Å². The van der Waals surface area contributed by atoms with Crippen molar-refractivity contribution >= 4 is 23.9 Å². The molecule has 0 radical (unpaired) electrons. The Labute approximate surface area is 283 Å². The van der Waals surface area contributed by atoms with E-state index in [1.165, 1.54) is 7.11 Å². The lowest BCUT2D eigenvalue weighted by Crippen LogP contribution is -2.46. The SMILES string of the molecule is COC(=O)CC(NC(=O)[C@@H]1CCCN(C(=O)CCC2CCN(C(=O)OC(C)(C)C)CC2)C1)c1cccc(OCCOCCOCCF)c1. The molecule has 2 aliphatic heterocycles. The topological polar surface area (TPSA) is 133 Å². The lowest BCUT2D eigenvalue weighted by atomic mass is 9.91. The number of carbonyl (C=O) groups excluding carboxylic acids is 4. The molecule has 2 saturated heterocycles. The van der Waals surface area contributed by atoms with E-state index in [-0.39, 0.29) is 37.5 Å². The minimum absolute atomic E-state index is 0.0364. The van der Waals surface area contributed by atoms with Crippen LogP contribution in [0.15, 0.2) is 24.3 Å². The number of amides is 3. The summed E-state index contributed by atoms with van der Waals surface area (Å²) in [6.07, 6.45) is 3.82. The van der Waals surface area contributed by atoms with Crippen molar-refractivity contribution in [2.24, 2.45) is 11.8 Å². The van der Waals surface area contributed by atoms with Gasteiger partial charge in [0.25, 0.3) is 0 Å². The van der Waals surface area contributed by atoms with E-state index in [2.05, 4.69) is 5.32 Å². The predicted octanol–water partition coefficient (Wildman–Crippen LogP) is 4.45. The van der Waals surface area contributed by atoms with Gasteiger partial charge < -0.3 is 38.8 Å². The number of nitrogens with zero attached hydrogens (tertiary/aromatic N) is 2. The molecule has 1 aromatic rings. The Hall–Kier alpha value is -3.45. The number of alkyl halides is 1. The Morgan fingerprint density at radius 3 is 2.35 bits per heavy atom. The zero-order chi connectivity index (χ0) is 34.9. The van der Waals surface area contributed by atoms with Crippen molar-refractivity contribution in [1.82, 2.24) is 15.1 Å². The Kier molecular flexibility index (Phi) is 16.4. The first-order valence-electron chi connectivity index (χ1n) is 17.1. The molecule has 48 heavy (non-hydrogen) atoms. The fraction of sp³-hybridized carbons (Fsp3) is 0.714. The smallest absolute Gasteiger partial charge is 0.410 e. The summed E-state index contributed by atoms with van der Waals surface area (Å²) in [5, 5.41) is 3.03. The first-order valence-corrected chi connectivity index (χ1v) is 17.1. The number of piperidine rings is 2. The van der Waals surface area contributed by atoms with E-state index >= 15 is 0 Å². The lowest BCUT2D eigenvalue weighted by molar-refractivity contribution is -0.141. The third kappa shape index (κ3) is 14.0. The van der Waals surface area contributed by atoms with Crippen molar-refractivity contribution in [3.8, 4) is 5.75 Å². The molecule has 1 unspecified atom stereocenters. The van der Waals surface area contributed by atoms with Gasteiger partial charge in [-0.25, -0.2) is 9.18 Å². The van der Waals surface area contributed by atoms with E-state index in [4.69, 9.17) is 23.7 Å². The first kappa shape index (κ1) is 39.0. The number of rotatable bonds is 17. The van der Waals surface area contributed by atoms with Crippen molar-refractivity contribution in [3.05, 3.63) is 29.8 Å². The van der Waals surface area contributed by atoms with Crippen LogP contribution in [0.25, 0.3) is 0 Å². The molecule has 1 N–H and O–H groups in total. The summed E-state index contributed by atoms with van der Waals surface area (Å²) in [4.78, 5) is 54.9. The second-order valence-corrected chi connectivity index (χ2v) is 13.3. The van der Waals surface area contributed by atoms with Crippen LogP contribution in [0, 0.1) is 11.8 Å². The van der Waals surface area contributed by atoms with Crippen molar-refractivity contribution < 1.29 is 47.3 Å². The summed E-state index contributed by atoms with van der Waals surface area (Å²) >= 11 is 0. The van der Waals surface area contributed by atoms with Gasteiger partial charge in [0.05, 0.1) is 51.9 Å². The molecule has 2 atom stereocenters. The minimum atomic E-state index is -0.643.